The number of nitrogens with one attached hydrogen (secondary N) is 1. The van der Waals surface area contributed by atoms with Crippen molar-refractivity contribution in [2.24, 2.45) is 5.14 Å². The molecule has 6 nitrogen and oxygen atoms in total. The first-order chi connectivity index (χ1) is 13.8. The number of ketones is 1. The first-order valence-corrected chi connectivity index (χ1v) is 10.6. The second-order valence-electron chi connectivity index (χ2n) is 6.83. The minimum atomic E-state index is -3.72. The van der Waals surface area contributed by atoms with E-state index in [2.05, 4.69) is 5.32 Å². The van der Waals surface area contributed by atoms with Crippen molar-refractivity contribution < 1.29 is 18.0 Å². The van der Waals surface area contributed by atoms with Crippen molar-refractivity contribution in [3.63, 3.8) is 0 Å². The van der Waals surface area contributed by atoms with Gasteiger partial charge < -0.3 is 5.32 Å². The second kappa shape index (κ2) is 7.27. The van der Waals surface area contributed by atoms with E-state index < -0.39 is 10.0 Å². The summed E-state index contributed by atoms with van der Waals surface area (Å²) >= 11 is 0. The summed E-state index contributed by atoms with van der Waals surface area (Å²) in [6, 6.07) is 18.8. The number of fused-ring (bicyclic) bond motifs is 3. The van der Waals surface area contributed by atoms with Gasteiger partial charge in [-0.05, 0) is 47.4 Å². The van der Waals surface area contributed by atoms with E-state index in [1.807, 2.05) is 18.2 Å². The van der Waals surface area contributed by atoms with Crippen LogP contribution in [0.5, 0.6) is 0 Å². The van der Waals surface area contributed by atoms with Gasteiger partial charge in [-0.1, -0.05) is 42.5 Å². The number of nitrogens with two attached hydrogens (primary N) is 1. The molecule has 3 aromatic carbocycles. The summed E-state index contributed by atoms with van der Waals surface area (Å²) in [4.78, 5) is 25.1. The van der Waals surface area contributed by atoms with Gasteiger partial charge >= 0.3 is 0 Å². The fourth-order valence-corrected chi connectivity index (χ4v) is 3.95. The molecule has 1 amide bonds. The van der Waals surface area contributed by atoms with Crippen LogP contribution in [-0.4, -0.2) is 26.7 Å². The van der Waals surface area contributed by atoms with Gasteiger partial charge in [0.2, 0.25) is 10.0 Å². The first kappa shape index (κ1) is 19.0. The minimum Gasteiger partial charge on any atom is -0.352 e. The predicted octanol–water partition coefficient (Wildman–Crippen LogP) is 2.52. The molecule has 0 aliphatic heterocycles. The van der Waals surface area contributed by atoms with Gasteiger partial charge in [-0.15, -0.1) is 0 Å². The Kier molecular flexibility index (Phi) is 4.77. The lowest BCUT2D eigenvalue weighted by atomic mass is 10.0. The van der Waals surface area contributed by atoms with Crippen molar-refractivity contribution in [1.82, 2.24) is 5.32 Å². The summed E-state index contributed by atoms with van der Waals surface area (Å²) in [7, 11) is -3.72. The van der Waals surface area contributed by atoms with Gasteiger partial charge in [0.25, 0.3) is 5.91 Å². The van der Waals surface area contributed by atoms with Crippen molar-refractivity contribution in [3.8, 4) is 11.1 Å². The Labute approximate surface area is 168 Å². The van der Waals surface area contributed by atoms with E-state index in [9.17, 15) is 18.0 Å². The van der Waals surface area contributed by atoms with Gasteiger partial charge in [0.1, 0.15) is 0 Å². The maximum atomic E-state index is 12.6. The number of hydrogen-bond donors (Lipinski definition) is 2. The van der Waals surface area contributed by atoms with Gasteiger partial charge in [-0.3, -0.25) is 9.59 Å². The standard InChI is InChI=1S/C22H18N2O4S/c23-29(27,28)16-8-5-14(6-9-16)11-12-24-22(26)15-7-10-18-17-3-1-2-4-19(17)21(25)20(18)13-15/h1-10,13H,11-12H2,(H,24,26)(H2,23,27,28). The molecule has 7 heteroatoms. The summed E-state index contributed by atoms with van der Waals surface area (Å²) in [5, 5.41) is 7.91. The van der Waals surface area contributed by atoms with E-state index in [0.717, 1.165) is 16.7 Å². The number of hydrogen-bond acceptors (Lipinski definition) is 4. The zero-order valence-corrected chi connectivity index (χ0v) is 16.2. The highest BCUT2D eigenvalue weighted by Crippen LogP contribution is 2.36. The molecule has 0 unspecified atom stereocenters. The molecule has 0 saturated heterocycles. The Morgan fingerprint density at radius 2 is 1.52 bits per heavy atom. The summed E-state index contributed by atoms with van der Waals surface area (Å²) in [5.41, 5.74) is 4.23. The lowest BCUT2D eigenvalue weighted by molar-refractivity contribution is 0.0954. The zero-order valence-electron chi connectivity index (χ0n) is 15.4. The maximum absolute atomic E-state index is 12.6. The largest absolute Gasteiger partial charge is 0.352 e. The number of carbonyl (C=O) groups excluding carboxylic acids is 2. The molecule has 29 heavy (non-hydrogen) atoms. The third-order valence-corrected chi connectivity index (χ3v) is 5.87. The second-order valence-corrected chi connectivity index (χ2v) is 8.39. The van der Waals surface area contributed by atoms with Crippen LogP contribution < -0.4 is 10.5 Å². The van der Waals surface area contributed by atoms with E-state index in [0.29, 0.717) is 29.7 Å². The molecule has 0 aromatic heterocycles. The molecule has 3 N–H and O–H groups in total. The molecule has 0 saturated carbocycles. The molecule has 146 valence electrons. The Morgan fingerprint density at radius 3 is 2.21 bits per heavy atom. The van der Waals surface area contributed by atoms with Gasteiger partial charge in [-0.25, -0.2) is 13.6 Å². The lowest BCUT2D eigenvalue weighted by Crippen LogP contribution is -2.25. The van der Waals surface area contributed by atoms with E-state index >= 15 is 0 Å². The topological polar surface area (TPSA) is 106 Å². The molecule has 1 aliphatic rings. The number of amides is 1. The van der Waals surface area contributed by atoms with Crippen LogP contribution in [0.3, 0.4) is 0 Å². The fourth-order valence-electron chi connectivity index (χ4n) is 3.44. The van der Waals surface area contributed by atoms with Crippen LogP contribution in [0.15, 0.2) is 71.6 Å². The molecule has 0 fully saturated rings. The Bertz CT molecular complexity index is 1230. The highest BCUT2D eigenvalue weighted by atomic mass is 32.2. The third-order valence-electron chi connectivity index (χ3n) is 4.94. The van der Waals surface area contributed by atoms with Gasteiger partial charge in [0.15, 0.2) is 5.78 Å². The molecule has 4 rings (SSSR count). The van der Waals surface area contributed by atoms with Crippen LogP contribution in [0.25, 0.3) is 11.1 Å². The summed E-state index contributed by atoms with van der Waals surface area (Å²) in [5.74, 6) is -0.335. The first-order valence-electron chi connectivity index (χ1n) is 9.03. The van der Waals surface area contributed by atoms with Crippen molar-refractivity contribution in [2.75, 3.05) is 6.54 Å². The van der Waals surface area contributed by atoms with Gasteiger partial charge in [-0.2, -0.15) is 0 Å². The summed E-state index contributed by atoms with van der Waals surface area (Å²) in [6.45, 7) is 0.374. The molecule has 0 atom stereocenters. The summed E-state index contributed by atoms with van der Waals surface area (Å²) < 4.78 is 22.6. The van der Waals surface area contributed by atoms with Crippen molar-refractivity contribution in [1.29, 1.82) is 0 Å². The Hall–Kier alpha value is -3.29. The number of carbonyl (C=O) groups is 2. The van der Waals surface area contributed by atoms with Crippen LogP contribution in [0.1, 0.15) is 31.8 Å². The predicted molar refractivity (Wildman–Crippen MR) is 109 cm³/mol. The molecule has 0 spiro atoms. The van der Waals surface area contributed by atoms with Crippen LogP contribution in [0.2, 0.25) is 0 Å². The monoisotopic (exact) mass is 406 g/mol. The zero-order chi connectivity index (χ0) is 20.6. The van der Waals surface area contributed by atoms with E-state index in [-0.39, 0.29) is 16.6 Å². The smallest absolute Gasteiger partial charge is 0.251 e. The fraction of sp³-hybridized carbons (Fsp3) is 0.0909. The van der Waals surface area contributed by atoms with E-state index in [1.165, 1.54) is 12.1 Å². The number of primary sulfonamides is 1. The van der Waals surface area contributed by atoms with E-state index in [1.54, 1.807) is 36.4 Å². The number of rotatable bonds is 5. The average Bonchev–Trinajstić information content (AvgIpc) is 3.00. The highest BCUT2D eigenvalue weighted by Gasteiger charge is 2.26. The summed E-state index contributed by atoms with van der Waals surface area (Å²) in [6.07, 6.45) is 0.534. The van der Waals surface area contributed by atoms with Crippen LogP contribution >= 0.6 is 0 Å². The molecule has 1 aliphatic carbocycles. The highest BCUT2D eigenvalue weighted by molar-refractivity contribution is 7.89. The molecular weight excluding hydrogens is 388 g/mol. The molecule has 0 radical (unpaired) electrons. The normalized spacial score (nSPS) is 12.4. The van der Waals surface area contributed by atoms with Gasteiger partial charge in [0.05, 0.1) is 4.90 Å². The van der Waals surface area contributed by atoms with Crippen LogP contribution in [0, 0.1) is 0 Å². The van der Waals surface area contributed by atoms with Crippen LogP contribution in [-0.2, 0) is 16.4 Å². The molecule has 0 heterocycles. The maximum Gasteiger partial charge on any atom is 0.251 e. The van der Waals surface area contributed by atoms with Crippen molar-refractivity contribution in [2.45, 2.75) is 11.3 Å². The molecular formula is C22H18N2O4S. The minimum absolute atomic E-state index is 0.0501. The quantitative estimate of drug-likeness (QED) is 0.531. The Morgan fingerprint density at radius 1 is 0.862 bits per heavy atom. The van der Waals surface area contributed by atoms with Crippen LogP contribution in [0.4, 0.5) is 0 Å². The third kappa shape index (κ3) is 3.70. The molecule has 3 aromatic rings. The SMILES string of the molecule is NS(=O)(=O)c1ccc(CCNC(=O)c2ccc3c(c2)C(=O)c2ccccc2-3)cc1. The number of benzene rings is 3. The van der Waals surface area contributed by atoms with Gasteiger partial charge in [0, 0.05) is 23.2 Å². The average molecular weight is 406 g/mol. The van der Waals surface area contributed by atoms with E-state index in [4.69, 9.17) is 5.14 Å². The van der Waals surface area contributed by atoms with Crippen molar-refractivity contribution >= 4 is 21.7 Å². The number of sulfonamides is 1. The van der Waals surface area contributed by atoms with Crippen molar-refractivity contribution in [3.05, 3.63) is 89.0 Å². The Balaban J connectivity index is 1.42. The lowest BCUT2D eigenvalue weighted by Gasteiger charge is -2.07. The molecule has 0 bridgehead atoms.